The minimum Gasteiger partial charge on any atom is -0.465 e. The van der Waals surface area contributed by atoms with E-state index in [1.165, 1.54) is 16.8 Å². The molecule has 0 spiro atoms. The molecule has 1 saturated heterocycles. The van der Waals surface area contributed by atoms with Gasteiger partial charge in [-0.15, -0.1) is 0 Å². The number of hydrogen-bond donors (Lipinski definition) is 1. The second-order valence-electron chi connectivity index (χ2n) is 7.63. The van der Waals surface area contributed by atoms with Crippen molar-refractivity contribution in [2.24, 2.45) is 0 Å². The van der Waals surface area contributed by atoms with E-state index in [1.54, 1.807) is 11.1 Å². The Balaban J connectivity index is 1.62. The van der Waals surface area contributed by atoms with Gasteiger partial charge in [0.25, 0.3) is 5.91 Å². The van der Waals surface area contributed by atoms with Crippen molar-refractivity contribution in [3.05, 3.63) is 53.5 Å². The number of ether oxygens (including phenoxy) is 2. The number of carbonyl (C=O) groups is 3. The summed E-state index contributed by atoms with van der Waals surface area (Å²) in [5.41, 5.74) is -1.42. The lowest BCUT2D eigenvalue weighted by molar-refractivity contribution is -0.141. The standard InChI is InChI=1S/C22H20F3N5O5/c1-34-21(33)14-10-16-13(11-30(28-16)12-19(31)29-5-7-35-8-6-29)9-17(14)27-20(32)15-3-2-4-18(26-15)22(23,24)25/h2-4,9-11H,5-8,12H2,1H3,(H,27,32). The predicted octanol–water partition coefficient (Wildman–Crippen LogP) is 2.35. The topological polar surface area (TPSA) is 116 Å². The highest BCUT2D eigenvalue weighted by atomic mass is 19.4. The molecule has 0 bridgehead atoms. The maximum absolute atomic E-state index is 13.0. The number of nitrogens with one attached hydrogen (secondary N) is 1. The average Bonchev–Trinajstić information content (AvgIpc) is 3.24. The third-order valence-corrected chi connectivity index (χ3v) is 5.28. The number of morpholine rings is 1. The lowest BCUT2D eigenvalue weighted by Gasteiger charge is -2.26. The average molecular weight is 491 g/mol. The van der Waals surface area contributed by atoms with Crippen molar-refractivity contribution in [2.45, 2.75) is 12.7 Å². The van der Waals surface area contributed by atoms with Crippen LogP contribution in [0.25, 0.3) is 10.9 Å². The van der Waals surface area contributed by atoms with Crippen LogP contribution in [-0.2, 0) is 27.0 Å². The van der Waals surface area contributed by atoms with Crippen LogP contribution in [-0.4, -0.2) is 70.9 Å². The molecule has 0 unspecified atom stereocenters. The smallest absolute Gasteiger partial charge is 0.433 e. The van der Waals surface area contributed by atoms with E-state index in [-0.39, 0.29) is 23.7 Å². The number of methoxy groups -OCH3 is 1. The summed E-state index contributed by atoms with van der Waals surface area (Å²) in [4.78, 5) is 42.5. The molecule has 1 aromatic carbocycles. The number of nitrogens with zero attached hydrogens (tertiary/aromatic N) is 4. The summed E-state index contributed by atoms with van der Waals surface area (Å²) in [5.74, 6) is -1.90. The van der Waals surface area contributed by atoms with Crippen molar-refractivity contribution >= 4 is 34.4 Å². The number of halogens is 3. The molecule has 3 heterocycles. The Labute approximate surface area is 196 Å². The number of benzene rings is 1. The van der Waals surface area contributed by atoms with Crippen LogP contribution in [0, 0.1) is 0 Å². The Morgan fingerprint density at radius 3 is 2.60 bits per heavy atom. The number of carbonyl (C=O) groups excluding carboxylic acids is 3. The summed E-state index contributed by atoms with van der Waals surface area (Å²) >= 11 is 0. The molecule has 1 aliphatic heterocycles. The van der Waals surface area contributed by atoms with Crippen molar-refractivity contribution < 1.29 is 37.0 Å². The molecule has 0 saturated carbocycles. The normalized spacial score (nSPS) is 14.1. The molecule has 10 nitrogen and oxygen atoms in total. The summed E-state index contributed by atoms with van der Waals surface area (Å²) in [5, 5.41) is 7.23. The molecule has 0 atom stereocenters. The molecule has 4 rings (SSSR count). The van der Waals surface area contributed by atoms with Crippen LogP contribution in [0.3, 0.4) is 0 Å². The molecule has 1 fully saturated rings. The van der Waals surface area contributed by atoms with E-state index >= 15 is 0 Å². The van der Waals surface area contributed by atoms with E-state index in [1.807, 2.05) is 0 Å². The maximum atomic E-state index is 13.0. The monoisotopic (exact) mass is 491 g/mol. The molecule has 2 aromatic heterocycles. The second-order valence-corrected chi connectivity index (χ2v) is 7.63. The first-order chi connectivity index (χ1) is 16.7. The predicted molar refractivity (Wildman–Crippen MR) is 116 cm³/mol. The van der Waals surface area contributed by atoms with E-state index in [0.29, 0.717) is 37.2 Å². The Bertz CT molecular complexity index is 1280. The lowest BCUT2D eigenvalue weighted by Crippen LogP contribution is -2.42. The maximum Gasteiger partial charge on any atom is 0.433 e. The van der Waals surface area contributed by atoms with Gasteiger partial charge in [-0.2, -0.15) is 18.3 Å². The van der Waals surface area contributed by atoms with Crippen LogP contribution in [0.5, 0.6) is 0 Å². The minimum absolute atomic E-state index is 0.00684. The molecule has 13 heteroatoms. The molecule has 3 aromatic rings. The van der Waals surface area contributed by atoms with Crippen LogP contribution >= 0.6 is 0 Å². The first kappa shape index (κ1) is 24.1. The van der Waals surface area contributed by atoms with Gasteiger partial charge in [0.2, 0.25) is 5.91 Å². The van der Waals surface area contributed by atoms with Crippen LogP contribution in [0.2, 0.25) is 0 Å². The van der Waals surface area contributed by atoms with Crippen LogP contribution in [0.15, 0.2) is 36.5 Å². The van der Waals surface area contributed by atoms with Gasteiger partial charge in [0, 0.05) is 24.7 Å². The fraction of sp³-hybridized carbons (Fsp3) is 0.318. The highest BCUT2D eigenvalue weighted by Crippen LogP contribution is 2.28. The van der Waals surface area contributed by atoms with E-state index in [4.69, 9.17) is 9.47 Å². The SMILES string of the molecule is COC(=O)c1cc2nn(CC(=O)N3CCOCC3)cc2cc1NC(=O)c1cccc(C(F)(F)F)n1. The molecule has 0 aliphatic carbocycles. The number of anilines is 1. The number of amides is 2. The van der Waals surface area contributed by atoms with Gasteiger partial charge in [-0.1, -0.05) is 6.07 Å². The molecule has 0 radical (unpaired) electrons. The first-order valence-corrected chi connectivity index (χ1v) is 10.5. The quantitative estimate of drug-likeness (QED) is 0.545. The molecule has 1 N–H and O–H groups in total. The van der Waals surface area contributed by atoms with Crippen LogP contribution in [0.4, 0.5) is 18.9 Å². The van der Waals surface area contributed by atoms with Crippen molar-refractivity contribution in [1.29, 1.82) is 0 Å². The summed E-state index contributed by atoms with van der Waals surface area (Å²) < 4.78 is 50.3. The Morgan fingerprint density at radius 1 is 1.17 bits per heavy atom. The van der Waals surface area contributed by atoms with Crippen LogP contribution < -0.4 is 5.32 Å². The summed E-state index contributed by atoms with van der Waals surface area (Å²) in [6.45, 7) is 1.83. The Morgan fingerprint density at radius 2 is 1.91 bits per heavy atom. The summed E-state index contributed by atoms with van der Waals surface area (Å²) in [7, 11) is 1.14. The third-order valence-electron chi connectivity index (χ3n) is 5.28. The molecular formula is C22H20F3N5O5. The van der Waals surface area contributed by atoms with Gasteiger partial charge in [-0.3, -0.25) is 14.3 Å². The van der Waals surface area contributed by atoms with Gasteiger partial charge in [-0.05, 0) is 24.3 Å². The van der Waals surface area contributed by atoms with E-state index < -0.39 is 29.4 Å². The molecule has 35 heavy (non-hydrogen) atoms. The van der Waals surface area contributed by atoms with Gasteiger partial charge >= 0.3 is 12.1 Å². The molecule has 184 valence electrons. The number of rotatable bonds is 5. The number of aromatic nitrogens is 3. The van der Waals surface area contributed by atoms with Gasteiger partial charge in [0.15, 0.2) is 0 Å². The van der Waals surface area contributed by atoms with Gasteiger partial charge in [-0.25, -0.2) is 9.78 Å². The fourth-order valence-corrected chi connectivity index (χ4v) is 3.54. The second kappa shape index (κ2) is 9.70. The van der Waals surface area contributed by atoms with E-state index in [0.717, 1.165) is 25.3 Å². The van der Waals surface area contributed by atoms with Gasteiger partial charge in [0.05, 0.1) is 37.1 Å². The van der Waals surface area contributed by atoms with E-state index in [2.05, 4.69) is 15.4 Å². The van der Waals surface area contributed by atoms with Crippen molar-refractivity contribution in [3.63, 3.8) is 0 Å². The molecular weight excluding hydrogens is 471 g/mol. The lowest BCUT2D eigenvalue weighted by atomic mass is 10.1. The largest absolute Gasteiger partial charge is 0.465 e. The third kappa shape index (κ3) is 5.40. The fourth-order valence-electron chi connectivity index (χ4n) is 3.54. The number of alkyl halides is 3. The number of esters is 1. The zero-order chi connectivity index (χ0) is 25.2. The first-order valence-electron chi connectivity index (χ1n) is 10.5. The Hall–Kier alpha value is -4.00. The van der Waals surface area contributed by atoms with Crippen molar-refractivity contribution in [1.82, 2.24) is 19.7 Å². The van der Waals surface area contributed by atoms with Gasteiger partial charge in [0.1, 0.15) is 17.9 Å². The number of fused-ring (bicyclic) bond motifs is 1. The molecule has 1 aliphatic rings. The van der Waals surface area contributed by atoms with Crippen LogP contribution in [0.1, 0.15) is 26.5 Å². The van der Waals surface area contributed by atoms with E-state index in [9.17, 15) is 27.6 Å². The number of hydrogen-bond acceptors (Lipinski definition) is 7. The van der Waals surface area contributed by atoms with Crippen molar-refractivity contribution in [2.75, 3.05) is 38.7 Å². The minimum atomic E-state index is -4.72. The Kier molecular flexibility index (Phi) is 6.69. The summed E-state index contributed by atoms with van der Waals surface area (Å²) in [6, 6.07) is 5.72. The van der Waals surface area contributed by atoms with Crippen molar-refractivity contribution in [3.8, 4) is 0 Å². The number of pyridine rings is 1. The zero-order valence-electron chi connectivity index (χ0n) is 18.5. The highest BCUT2D eigenvalue weighted by molar-refractivity contribution is 6.09. The van der Waals surface area contributed by atoms with Gasteiger partial charge < -0.3 is 19.7 Å². The molecule has 2 amide bonds. The zero-order valence-corrected chi connectivity index (χ0v) is 18.5. The highest BCUT2D eigenvalue weighted by Gasteiger charge is 2.33. The summed E-state index contributed by atoms with van der Waals surface area (Å²) in [6.07, 6.45) is -3.16.